The molecule has 1 amide bonds. The molecule has 0 saturated carbocycles. The highest BCUT2D eigenvalue weighted by Crippen LogP contribution is 2.26. The van der Waals surface area contributed by atoms with Crippen LogP contribution in [-0.2, 0) is 14.8 Å². The van der Waals surface area contributed by atoms with E-state index < -0.39 is 22.5 Å². The zero-order chi connectivity index (χ0) is 25.5. The molecule has 0 bridgehead atoms. The standard InChI is InChI=1S/C27H25N3O5S/c1-2-35-22-13-15-23(16-14-22)36(33,34)30(21-9-4-3-5-10-21)19-27(32)29-28-18-25-24-11-7-6-8-20(24)12-17-26(25)31/h3-18,31H,2,19H2,1H3,(H,29,32)/b28-18-. The molecular weight excluding hydrogens is 478 g/mol. The molecule has 0 heterocycles. The van der Waals surface area contributed by atoms with Crippen LogP contribution in [0, 0.1) is 0 Å². The van der Waals surface area contributed by atoms with Crippen LogP contribution in [0.5, 0.6) is 11.5 Å². The number of hydrogen-bond acceptors (Lipinski definition) is 6. The molecule has 0 aromatic heterocycles. The summed E-state index contributed by atoms with van der Waals surface area (Å²) < 4.78 is 33.3. The number of benzene rings is 4. The number of nitrogens with one attached hydrogen (secondary N) is 1. The molecule has 0 unspecified atom stereocenters. The molecule has 0 saturated heterocycles. The van der Waals surface area contributed by atoms with Gasteiger partial charge in [0.05, 0.1) is 23.4 Å². The smallest absolute Gasteiger partial charge is 0.264 e. The molecule has 0 fully saturated rings. The Morgan fingerprint density at radius 1 is 0.972 bits per heavy atom. The van der Waals surface area contributed by atoms with Gasteiger partial charge >= 0.3 is 0 Å². The fourth-order valence-electron chi connectivity index (χ4n) is 3.67. The van der Waals surface area contributed by atoms with E-state index in [1.165, 1.54) is 18.3 Å². The summed E-state index contributed by atoms with van der Waals surface area (Å²) in [6, 6.07) is 25.1. The number of rotatable bonds is 9. The van der Waals surface area contributed by atoms with Crippen LogP contribution in [0.15, 0.2) is 101 Å². The summed E-state index contributed by atoms with van der Waals surface area (Å²) in [7, 11) is -4.07. The van der Waals surface area contributed by atoms with Gasteiger partial charge in [-0.2, -0.15) is 5.10 Å². The number of phenols is 1. The molecular formula is C27H25N3O5S. The van der Waals surface area contributed by atoms with Crippen molar-refractivity contribution in [3.05, 3.63) is 96.6 Å². The Morgan fingerprint density at radius 2 is 1.67 bits per heavy atom. The maximum Gasteiger partial charge on any atom is 0.264 e. The average Bonchev–Trinajstić information content (AvgIpc) is 2.89. The number of aromatic hydroxyl groups is 1. The van der Waals surface area contributed by atoms with E-state index in [0.717, 1.165) is 15.1 Å². The van der Waals surface area contributed by atoms with Crippen LogP contribution in [0.1, 0.15) is 12.5 Å². The number of carbonyl (C=O) groups is 1. The summed E-state index contributed by atoms with van der Waals surface area (Å²) in [6.45, 7) is 1.79. The highest BCUT2D eigenvalue weighted by molar-refractivity contribution is 7.92. The number of sulfonamides is 1. The van der Waals surface area contributed by atoms with Gasteiger partial charge < -0.3 is 9.84 Å². The normalized spacial score (nSPS) is 11.5. The fourth-order valence-corrected chi connectivity index (χ4v) is 5.09. The van der Waals surface area contributed by atoms with Gasteiger partial charge in [-0.25, -0.2) is 13.8 Å². The minimum absolute atomic E-state index is 0.00990. The Labute approximate surface area is 209 Å². The highest BCUT2D eigenvalue weighted by atomic mass is 32.2. The molecule has 0 spiro atoms. The van der Waals surface area contributed by atoms with Crippen molar-refractivity contribution in [1.82, 2.24) is 5.43 Å². The molecule has 0 aliphatic rings. The van der Waals surface area contributed by atoms with Gasteiger partial charge in [0.1, 0.15) is 18.0 Å². The minimum Gasteiger partial charge on any atom is -0.507 e. The molecule has 0 radical (unpaired) electrons. The van der Waals surface area contributed by atoms with Crippen LogP contribution < -0.4 is 14.5 Å². The van der Waals surface area contributed by atoms with Crippen molar-refractivity contribution in [2.24, 2.45) is 5.10 Å². The number of amides is 1. The summed E-state index contributed by atoms with van der Waals surface area (Å²) in [4.78, 5) is 12.8. The molecule has 4 aromatic rings. The van der Waals surface area contributed by atoms with E-state index in [2.05, 4.69) is 10.5 Å². The largest absolute Gasteiger partial charge is 0.507 e. The zero-order valence-electron chi connectivity index (χ0n) is 19.5. The van der Waals surface area contributed by atoms with Gasteiger partial charge in [-0.05, 0) is 60.2 Å². The van der Waals surface area contributed by atoms with Gasteiger partial charge in [0.25, 0.3) is 15.9 Å². The van der Waals surface area contributed by atoms with Gasteiger partial charge in [0, 0.05) is 5.56 Å². The van der Waals surface area contributed by atoms with Gasteiger partial charge in [0.15, 0.2) is 0 Å². The van der Waals surface area contributed by atoms with Crippen molar-refractivity contribution in [2.45, 2.75) is 11.8 Å². The van der Waals surface area contributed by atoms with E-state index in [1.54, 1.807) is 54.6 Å². The first-order chi connectivity index (χ1) is 17.4. The second-order valence-electron chi connectivity index (χ2n) is 7.76. The van der Waals surface area contributed by atoms with Crippen molar-refractivity contribution in [3.8, 4) is 11.5 Å². The van der Waals surface area contributed by atoms with E-state index in [1.807, 2.05) is 31.2 Å². The monoisotopic (exact) mass is 503 g/mol. The zero-order valence-corrected chi connectivity index (χ0v) is 20.4. The van der Waals surface area contributed by atoms with Crippen molar-refractivity contribution in [1.29, 1.82) is 0 Å². The summed E-state index contributed by atoms with van der Waals surface area (Å²) in [5, 5.41) is 15.9. The van der Waals surface area contributed by atoms with Gasteiger partial charge in [-0.3, -0.25) is 9.10 Å². The van der Waals surface area contributed by atoms with Gasteiger partial charge in [-0.15, -0.1) is 0 Å². The molecule has 4 rings (SSSR count). The molecule has 0 aliphatic heterocycles. The molecule has 8 nitrogen and oxygen atoms in total. The van der Waals surface area contributed by atoms with E-state index >= 15 is 0 Å². The van der Waals surface area contributed by atoms with E-state index in [4.69, 9.17) is 4.74 Å². The average molecular weight is 504 g/mol. The fraction of sp³-hybridized carbons (Fsp3) is 0.111. The minimum atomic E-state index is -4.07. The molecule has 0 aliphatic carbocycles. The van der Waals surface area contributed by atoms with Crippen molar-refractivity contribution >= 4 is 38.6 Å². The number of ether oxygens (including phenoxy) is 1. The van der Waals surface area contributed by atoms with Gasteiger partial charge in [-0.1, -0.05) is 48.5 Å². The lowest BCUT2D eigenvalue weighted by molar-refractivity contribution is -0.119. The second-order valence-corrected chi connectivity index (χ2v) is 9.63. The van der Waals surface area contributed by atoms with E-state index in [0.29, 0.717) is 23.6 Å². The second kappa shape index (κ2) is 10.9. The van der Waals surface area contributed by atoms with Crippen molar-refractivity contribution in [2.75, 3.05) is 17.5 Å². The number of carbonyl (C=O) groups excluding carboxylic acids is 1. The lowest BCUT2D eigenvalue weighted by atomic mass is 10.0. The molecule has 2 N–H and O–H groups in total. The summed E-state index contributed by atoms with van der Waals surface area (Å²) in [6.07, 6.45) is 1.34. The maximum absolute atomic E-state index is 13.5. The third kappa shape index (κ3) is 5.47. The number of phenolic OH excluding ortho intramolecular Hbond substituents is 1. The number of fused-ring (bicyclic) bond motifs is 1. The van der Waals surface area contributed by atoms with Gasteiger partial charge in [0.2, 0.25) is 0 Å². The van der Waals surface area contributed by atoms with Crippen LogP contribution in [0.4, 0.5) is 5.69 Å². The van der Waals surface area contributed by atoms with Crippen molar-refractivity contribution in [3.63, 3.8) is 0 Å². The first kappa shape index (κ1) is 24.7. The Hall–Kier alpha value is -4.37. The van der Waals surface area contributed by atoms with Crippen LogP contribution >= 0.6 is 0 Å². The Morgan fingerprint density at radius 3 is 2.39 bits per heavy atom. The van der Waals surface area contributed by atoms with E-state index in [-0.39, 0.29) is 10.6 Å². The third-order valence-electron chi connectivity index (χ3n) is 5.38. The molecule has 36 heavy (non-hydrogen) atoms. The molecule has 9 heteroatoms. The summed E-state index contributed by atoms with van der Waals surface area (Å²) in [5.74, 6) is -0.0912. The quantitative estimate of drug-likeness (QED) is 0.262. The molecule has 0 atom stereocenters. The van der Waals surface area contributed by atoms with Crippen LogP contribution in [0.3, 0.4) is 0 Å². The van der Waals surface area contributed by atoms with Crippen LogP contribution in [0.2, 0.25) is 0 Å². The van der Waals surface area contributed by atoms with E-state index in [9.17, 15) is 18.3 Å². The summed E-state index contributed by atoms with van der Waals surface area (Å²) in [5.41, 5.74) is 3.14. The topological polar surface area (TPSA) is 108 Å². The SMILES string of the molecule is CCOc1ccc(S(=O)(=O)N(CC(=O)N/N=C\c2c(O)ccc3ccccc23)c2ccccc2)cc1. The lowest BCUT2D eigenvalue weighted by Crippen LogP contribution is -2.39. The number of nitrogens with zero attached hydrogens (tertiary/aromatic N) is 2. The van der Waals surface area contributed by atoms with Crippen LogP contribution in [-0.4, -0.2) is 38.8 Å². The predicted octanol–water partition coefficient (Wildman–Crippen LogP) is 4.29. The maximum atomic E-state index is 13.5. The first-order valence-corrected chi connectivity index (χ1v) is 12.7. The summed E-state index contributed by atoms with van der Waals surface area (Å²) >= 11 is 0. The Bertz CT molecular complexity index is 1490. The molecule has 184 valence electrons. The first-order valence-electron chi connectivity index (χ1n) is 11.2. The molecule has 4 aromatic carbocycles. The number of para-hydroxylation sites is 1. The third-order valence-corrected chi connectivity index (χ3v) is 7.17. The number of hydrogen-bond donors (Lipinski definition) is 2. The number of anilines is 1. The number of hydrazone groups is 1. The lowest BCUT2D eigenvalue weighted by Gasteiger charge is -2.23. The Balaban J connectivity index is 1.56. The predicted molar refractivity (Wildman–Crippen MR) is 140 cm³/mol. The van der Waals surface area contributed by atoms with Crippen LogP contribution in [0.25, 0.3) is 10.8 Å². The Kier molecular flexibility index (Phi) is 7.50. The van der Waals surface area contributed by atoms with Crippen molar-refractivity contribution < 1.29 is 23.1 Å². The highest BCUT2D eigenvalue weighted by Gasteiger charge is 2.27.